The smallest absolute Gasteiger partial charge is 0.271 e. The number of hydrogen-bond acceptors (Lipinski definition) is 4. The molecule has 0 atom stereocenters. The first-order valence-corrected chi connectivity index (χ1v) is 5.57. The van der Waals surface area contributed by atoms with Gasteiger partial charge in [0, 0.05) is 12.3 Å². The average molecular weight is 259 g/mol. The van der Waals surface area contributed by atoms with Gasteiger partial charge >= 0.3 is 0 Å². The van der Waals surface area contributed by atoms with Gasteiger partial charge in [0.25, 0.3) is 5.91 Å². The van der Waals surface area contributed by atoms with E-state index < -0.39 is 11.3 Å². The van der Waals surface area contributed by atoms with Gasteiger partial charge in [-0.15, -0.1) is 0 Å². The molecule has 0 spiro atoms. The molecule has 1 heterocycles. The van der Waals surface area contributed by atoms with Crippen LogP contribution in [-0.2, 0) is 6.61 Å². The molecule has 0 aliphatic rings. The van der Waals surface area contributed by atoms with Crippen molar-refractivity contribution < 1.29 is 9.53 Å². The quantitative estimate of drug-likeness (QED) is 0.768. The second kappa shape index (κ2) is 5.26. The molecule has 0 aliphatic heterocycles. The molecule has 0 unspecified atom stereocenters. The van der Waals surface area contributed by atoms with Gasteiger partial charge in [-0.25, -0.2) is 0 Å². The summed E-state index contributed by atoms with van der Waals surface area (Å²) in [7, 11) is 0. The minimum atomic E-state index is -0.816. The Labute approximate surface area is 109 Å². The highest BCUT2D eigenvalue weighted by Gasteiger charge is 2.16. The highest BCUT2D eigenvalue weighted by Crippen LogP contribution is 2.13. The Hall–Kier alpha value is -2.76. The van der Waals surface area contributed by atoms with E-state index in [0.717, 1.165) is 10.2 Å². The molecule has 2 aromatic rings. The largest absolute Gasteiger partial charge is 0.482 e. The summed E-state index contributed by atoms with van der Waals surface area (Å²) in [6.07, 6.45) is 1.26. The number of benzene rings is 1. The predicted octanol–water partition coefficient (Wildman–Crippen LogP) is 0.240. The summed E-state index contributed by atoms with van der Waals surface area (Å²) >= 11 is 0. The van der Waals surface area contributed by atoms with E-state index in [2.05, 4.69) is 0 Å². The second-order valence-corrected chi connectivity index (χ2v) is 3.90. The number of hydrogen-bond donors (Lipinski definition) is 2. The van der Waals surface area contributed by atoms with Crippen LogP contribution < -0.4 is 21.7 Å². The summed E-state index contributed by atoms with van der Waals surface area (Å²) < 4.78 is 6.36. The summed E-state index contributed by atoms with van der Waals surface area (Å²) in [5.74, 6) is 4.60. The van der Waals surface area contributed by atoms with Crippen molar-refractivity contribution in [3.05, 3.63) is 64.1 Å². The van der Waals surface area contributed by atoms with Gasteiger partial charge in [-0.3, -0.25) is 14.3 Å². The molecule has 1 amide bonds. The fourth-order valence-electron chi connectivity index (χ4n) is 1.64. The molecule has 98 valence electrons. The number of carbonyl (C=O) groups excluding carboxylic acids is 1. The number of pyridine rings is 1. The molecule has 6 nitrogen and oxygen atoms in total. The van der Waals surface area contributed by atoms with Gasteiger partial charge < -0.3 is 16.3 Å². The SMILES string of the molecule is NC(=O)c1c(OCc2ccccc2)c(=O)ccn1N. The number of rotatable bonds is 4. The van der Waals surface area contributed by atoms with Crippen molar-refractivity contribution in [1.82, 2.24) is 4.68 Å². The number of primary amides is 1. The van der Waals surface area contributed by atoms with E-state index in [1.54, 1.807) is 0 Å². The van der Waals surface area contributed by atoms with Crippen molar-refractivity contribution in [3.8, 4) is 5.75 Å². The third kappa shape index (κ3) is 2.74. The van der Waals surface area contributed by atoms with Crippen LogP contribution in [0.1, 0.15) is 16.1 Å². The van der Waals surface area contributed by atoms with Crippen molar-refractivity contribution in [2.45, 2.75) is 6.61 Å². The van der Waals surface area contributed by atoms with Crippen molar-refractivity contribution >= 4 is 5.91 Å². The third-order valence-corrected chi connectivity index (χ3v) is 2.54. The maximum absolute atomic E-state index is 11.7. The zero-order valence-corrected chi connectivity index (χ0v) is 10.1. The molecular formula is C13H13N3O3. The van der Waals surface area contributed by atoms with Gasteiger partial charge in [0.1, 0.15) is 6.61 Å². The Morgan fingerprint density at radius 3 is 2.53 bits per heavy atom. The van der Waals surface area contributed by atoms with Crippen LogP contribution in [0.2, 0.25) is 0 Å². The summed E-state index contributed by atoms with van der Waals surface area (Å²) in [6, 6.07) is 10.5. The van der Waals surface area contributed by atoms with Gasteiger partial charge in [0.05, 0.1) is 0 Å². The Morgan fingerprint density at radius 1 is 1.21 bits per heavy atom. The monoisotopic (exact) mass is 259 g/mol. The van der Waals surface area contributed by atoms with Crippen LogP contribution in [0.25, 0.3) is 0 Å². The first-order valence-electron chi connectivity index (χ1n) is 5.57. The maximum Gasteiger partial charge on any atom is 0.271 e. The molecule has 0 saturated carbocycles. The summed E-state index contributed by atoms with van der Waals surface area (Å²) in [6.45, 7) is 0.153. The minimum absolute atomic E-state index is 0.138. The molecule has 1 aromatic carbocycles. The van der Waals surface area contributed by atoms with Crippen LogP contribution >= 0.6 is 0 Å². The Bertz CT molecular complexity index is 650. The zero-order valence-electron chi connectivity index (χ0n) is 10.1. The molecule has 2 rings (SSSR count). The van der Waals surface area contributed by atoms with Crippen LogP contribution in [0.3, 0.4) is 0 Å². The number of nitrogen functional groups attached to an aromatic ring is 1. The first kappa shape index (κ1) is 12.7. The standard InChI is InChI=1S/C13H13N3O3/c14-13(18)11-12(10(17)6-7-16(11)15)19-8-9-4-2-1-3-5-9/h1-7H,8,15H2,(H2,14,18). The topological polar surface area (TPSA) is 100 Å². The first-order chi connectivity index (χ1) is 9.09. The van der Waals surface area contributed by atoms with Crippen molar-refractivity contribution in [2.24, 2.45) is 5.73 Å². The van der Waals surface area contributed by atoms with Gasteiger partial charge in [0.15, 0.2) is 11.4 Å². The molecule has 0 radical (unpaired) electrons. The van der Waals surface area contributed by atoms with Gasteiger partial charge in [-0.1, -0.05) is 30.3 Å². The second-order valence-electron chi connectivity index (χ2n) is 3.90. The number of ether oxygens (including phenoxy) is 1. The lowest BCUT2D eigenvalue weighted by Gasteiger charge is -2.11. The maximum atomic E-state index is 11.7. The van der Waals surface area contributed by atoms with E-state index in [0.29, 0.717) is 0 Å². The number of nitrogens with zero attached hydrogens (tertiary/aromatic N) is 1. The molecule has 0 fully saturated rings. The predicted molar refractivity (Wildman–Crippen MR) is 70.1 cm³/mol. The summed E-state index contributed by atoms with van der Waals surface area (Å²) in [5.41, 5.74) is 5.47. The van der Waals surface area contributed by atoms with Crippen LogP contribution in [0, 0.1) is 0 Å². The van der Waals surface area contributed by atoms with Crippen molar-refractivity contribution in [3.63, 3.8) is 0 Å². The molecular weight excluding hydrogens is 246 g/mol. The molecule has 6 heteroatoms. The lowest BCUT2D eigenvalue weighted by Crippen LogP contribution is -2.28. The highest BCUT2D eigenvalue weighted by atomic mass is 16.5. The Kier molecular flexibility index (Phi) is 3.51. The molecule has 1 aromatic heterocycles. The number of amides is 1. The van der Waals surface area contributed by atoms with Crippen LogP contribution in [-0.4, -0.2) is 10.6 Å². The molecule has 0 saturated heterocycles. The van der Waals surface area contributed by atoms with Gasteiger partial charge in [-0.05, 0) is 5.56 Å². The zero-order chi connectivity index (χ0) is 13.8. The molecule has 0 aliphatic carbocycles. The van der Waals surface area contributed by atoms with E-state index in [1.165, 1.54) is 12.3 Å². The average Bonchev–Trinajstić information content (AvgIpc) is 2.40. The normalized spacial score (nSPS) is 10.1. The van der Waals surface area contributed by atoms with E-state index in [-0.39, 0.29) is 18.1 Å². The fraction of sp³-hybridized carbons (Fsp3) is 0.0769. The summed E-state index contributed by atoms with van der Waals surface area (Å²) in [5, 5.41) is 0. The van der Waals surface area contributed by atoms with Gasteiger partial charge in [0.2, 0.25) is 5.43 Å². The van der Waals surface area contributed by atoms with Crippen molar-refractivity contribution in [1.29, 1.82) is 0 Å². The summed E-state index contributed by atoms with van der Waals surface area (Å²) in [4.78, 5) is 23.0. The van der Waals surface area contributed by atoms with Crippen molar-refractivity contribution in [2.75, 3.05) is 5.84 Å². The van der Waals surface area contributed by atoms with E-state index in [1.807, 2.05) is 30.3 Å². The van der Waals surface area contributed by atoms with E-state index >= 15 is 0 Å². The van der Waals surface area contributed by atoms with Crippen LogP contribution in [0.5, 0.6) is 5.75 Å². The number of nitrogens with two attached hydrogens (primary N) is 2. The fourth-order valence-corrected chi connectivity index (χ4v) is 1.64. The van der Waals surface area contributed by atoms with E-state index in [9.17, 15) is 9.59 Å². The lowest BCUT2D eigenvalue weighted by atomic mass is 10.2. The third-order valence-electron chi connectivity index (χ3n) is 2.54. The minimum Gasteiger partial charge on any atom is -0.482 e. The number of carbonyl (C=O) groups is 1. The van der Waals surface area contributed by atoms with Crippen LogP contribution in [0.15, 0.2) is 47.4 Å². The Balaban J connectivity index is 2.32. The lowest BCUT2D eigenvalue weighted by molar-refractivity contribution is 0.0987. The van der Waals surface area contributed by atoms with Crippen LogP contribution in [0.4, 0.5) is 0 Å². The van der Waals surface area contributed by atoms with E-state index in [4.69, 9.17) is 16.3 Å². The highest BCUT2D eigenvalue weighted by molar-refractivity contribution is 5.93. The molecule has 19 heavy (non-hydrogen) atoms. The molecule has 0 bridgehead atoms. The number of aromatic nitrogens is 1. The molecule has 4 N–H and O–H groups in total. The van der Waals surface area contributed by atoms with Gasteiger partial charge in [-0.2, -0.15) is 0 Å². The Morgan fingerprint density at radius 2 is 1.89 bits per heavy atom.